The van der Waals surface area contributed by atoms with E-state index in [2.05, 4.69) is 45.0 Å². The number of rotatable bonds is 9. The molecule has 0 heterocycles. The minimum atomic E-state index is -0.141. The van der Waals surface area contributed by atoms with Gasteiger partial charge in [-0.3, -0.25) is 0 Å². The van der Waals surface area contributed by atoms with Gasteiger partial charge in [-0.15, -0.1) is 0 Å². The lowest BCUT2D eigenvalue weighted by Crippen LogP contribution is -2.50. The summed E-state index contributed by atoms with van der Waals surface area (Å²) in [6, 6.07) is 0.501. The highest BCUT2D eigenvalue weighted by molar-refractivity contribution is 4.86. The standard InChI is InChI=1S/C13H30N2O/c1-6-8-14-13(4,11-16)10-12(3)15(5)9-7-2/h12,14,16H,6-11H2,1-5H3. The summed E-state index contributed by atoms with van der Waals surface area (Å²) >= 11 is 0. The van der Waals surface area contributed by atoms with Crippen LogP contribution in [0.2, 0.25) is 0 Å². The van der Waals surface area contributed by atoms with Gasteiger partial charge in [0.2, 0.25) is 0 Å². The molecule has 0 radical (unpaired) electrons. The van der Waals surface area contributed by atoms with E-state index in [0.717, 1.165) is 25.9 Å². The van der Waals surface area contributed by atoms with Crippen molar-refractivity contribution in [1.82, 2.24) is 10.2 Å². The molecule has 2 N–H and O–H groups in total. The third kappa shape index (κ3) is 5.83. The first kappa shape index (κ1) is 15.9. The maximum atomic E-state index is 9.49. The van der Waals surface area contributed by atoms with Crippen molar-refractivity contribution < 1.29 is 5.11 Å². The number of aliphatic hydroxyl groups excluding tert-OH is 1. The SMILES string of the molecule is CCCNC(C)(CO)CC(C)N(C)CCC. The summed E-state index contributed by atoms with van der Waals surface area (Å²) in [7, 11) is 2.16. The zero-order valence-electron chi connectivity index (χ0n) is 11.7. The second kappa shape index (κ2) is 8.04. The Hall–Kier alpha value is -0.120. The van der Waals surface area contributed by atoms with Crippen LogP contribution in [-0.4, -0.2) is 48.3 Å². The summed E-state index contributed by atoms with van der Waals surface area (Å²) in [5, 5.41) is 12.9. The van der Waals surface area contributed by atoms with Crippen molar-refractivity contribution in [2.45, 2.75) is 58.5 Å². The van der Waals surface area contributed by atoms with Gasteiger partial charge < -0.3 is 15.3 Å². The molecule has 0 bridgehead atoms. The van der Waals surface area contributed by atoms with Crippen molar-refractivity contribution in [3.8, 4) is 0 Å². The molecule has 0 aliphatic carbocycles. The maximum Gasteiger partial charge on any atom is 0.0611 e. The van der Waals surface area contributed by atoms with Crippen LogP contribution in [0.4, 0.5) is 0 Å². The summed E-state index contributed by atoms with van der Waals surface area (Å²) in [4.78, 5) is 2.36. The van der Waals surface area contributed by atoms with E-state index in [1.165, 1.54) is 6.42 Å². The fraction of sp³-hybridized carbons (Fsp3) is 1.00. The molecule has 16 heavy (non-hydrogen) atoms. The van der Waals surface area contributed by atoms with Crippen molar-refractivity contribution >= 4 is 0 Å². The monoisotopic (exact) mass is 230 g/mol. The first-order valence-electron chi connectivity index (χ1n) is 6.55. The minimum absolute atomic E-state index is 0.141. The van der Waals surface area contributed by atoms with Gasteiger partial charge in [0, 0.05) is 11.6 Å². The third-order valence-electron chi connectivity index (χ3n) is 3.23. The summed E-state index contributed by atoms with van der Waals surface area (Å²) < 4.78 is 0. The molecule has 0 aromatic rings. The van der Waals surface area contributed by atoms with Crippen LogP contribution in [0, 0.1) is 0 Å². The largest absolute Gasteiger partial charge is 0.394 e. The third-order valence-corrected chi connectivity index (χ3v) is 3.23. The Morgan fingerprint density at radius 1 is 1.31 bits per heavy atom. The molecule has 0 fully saturated rings. The van der Waals surface area contributed by atoms with Crippen molar-refractivity contribution in [2.75, 3.05) is 26.7 Å². The molecule has 0 saturated carbocycles. The summed E-state index contributed by atoms with van der Waals surface area (Å²) in [6.45, 7) is 11.0. The van der Waals surface area contributed by atoms with Crippen LogP contribution in [0.25, 0.3) is 0 Å². The van der Waals surface area contributed by atoms with Crippen LogP contribution >= 0.6 is 0 Å². The van der Waals surface area contributed by atoms with Gasteiger partial charge in [-0.2, -0.15) is 0 Å². The Balaban J connectivity index is 4.17. The molecule has 3 heteroatoms. The Bertz CT molecular complexity index is 175. The first-order valence-corrected chi connectivity index (χ1v) is 6.55. The fourth-order valence-corrected chi connectivity index (χ4v) is 2.00. The van der Waals surface area contributed by atoms with E-state index >= 15 is 0 Å². The number of aliphatic hydroxyl groups is 1. The molecule has 2 atom stereocenters. The van der Waals surface area contributed by atoms with Crippen LogP contribution in [0.3, 0.4) is 0 Å². The van der Waals surface area contributed by atoms with E-state index < -0.39 is 0 Å². The Morgan fingerprint density at radius 2 is 1.94 bits per heavy atom. The molecule has 0 aliphatic rings. The van der Waals surface area contributed by atoms with Crippen LogP contribution in [0.1, 0.15) is 47.0 Å². The molecular weight excluding hydrogens is 200 g/mol. The zero-order chi connectivity index (χ0) is 12.6. The Labute approximate surface area is 101 Å². The first-order chi connectivity index (χ1) is 7.49. The molecule has 98 valence electrons. The van der Waals surface area contributed by atoms with E-state index in [1.54, 1.807) is 0 Å². The number of nitrogens with zero attached hydrogens (tertiary/aromatic N) is 1. The van der Waals surface area contributed by atoms with Crippen molar-refractivity contribution in [3.63, 3.8) is 0 Å². The van der Waals surface area contributed by atoms with Crippen molar-refractivity contribution in [3.05, 3.63) is 0 Å². The van der Waals surface area contributed by atoms with Gasteiger partial charge >= 0.3 is 0 Å². The predicted octanol–water partition coefficient (Wildman–Crippen LogP) is 1.86. The lowest BCUT2D eigenvalue weighted by molar-refractivity contribution is 0.126. The van der Waals surface area contributed by atoms with Crippen molar-refractivity contribution in [1.29, 1.82) is 0 Å². The van der Waals surface area contributed by atoms with Gasteiger partial charge in [0.05, 0.1) is 6.61 Å². The quantitative estimate of drug-likeness (QED) is 0.634. The van der Waals surface area contributed by atoms with Gasteiger partial charge in [-0.05, 0) is 53.2 Å². The van der Waals surface area contributed by atoms with Gasteiger partial charge in [-0.1, -0.05) is 13.8 Å². The summed E-state index contributed by atoms with van der Waals surface area (Å²) in [5.41, 5.74) is -0.141. The lowest BCUT2D eigenvalue weighted by atomic mass is 9.93. The van der Waals surface area contributed by atoms with E-state index in [9.17, 15) is 5.11 Å². The zero-order valence-corrected chi connectivity index (χ0v) is 11.7. The number of hydrogen-bond donors (Lipinski definition) is 2. The van der Waals surface area contributed by atoms with E-state index in [0.29, 0.717) is 6.04 Å². The van der Waals surface area contributed by atoms with Gasteiger partial charge in [0.1, 0.15) is 0 Å². The second-order valence-corrected chi connectivity index (χ2v) is 5.18. The second-order valence-electron chi connectivity index (χ2n) is 5.18. The molecule has 0 aromatic heterocycles. The van der Waals surface area contributed by atoms with E-state index in [4.69, 9.17) is 0 Å². The highest BCUT2D eigenvalue weighted by Gasteiger charge is 2.26. The number of nitrogens with one attached hydrogen (secondary N) is 1. The predicted molar refractivity (Wildman–Crippen MR) is 70.8 cm³/mol. The topological polar surface area (TPSA) is 35.5 Å². The van der Waals surface area contributed by atoms with Crippen molar-refractivity contribution in [2.24, 2.45) is 0 Å². The summed E-state index contributed by atoms with van der Waals surface area (Å²) in [6.07, 6.45) is 3.27. The molecule has 0 saturated heterocycles. The fourth-order valence-electron chi connectivity index (χ4n) is 2.00. The smallest absolute Gasteiger partial charge is 0.0611 e. The van der Waals surface area contributed by atoms with Crippen LogP contribution in [0.5, 0.6) is 0 Å². The minimum Gasteiger partial charge on any atom is -0.394 e. The van der Waals surface area contributed by atoms with Crippen LogP contribution in [-0.2, 0) is 0 Å². The van der Waals surface area contributed by atoms with E-state index in [-0.39, 0.29) is 12.1 Å². The highest BCUT2D eigenvalue weighted by Crippen LogP contribution is 2.15. The van der Waals surface area contributed by atoms with Crippen LogP contribution < -0.4 is 5.32 Å². The van der Waals surface area contributed by atoms with Gasteiger partial charge in [0.15, 0.2) is 0 Å². The van der Waals surface area contributed by atoms with Gasteiger partial charge in [-0.25, -0.2) is 0 Å². The molecule has 0 aromatic carbocycles. The number of hydrogen-bond acceptors (Lipinski definition) is 3. The average Bonchev–Trinajstić information content (AvgIpc) is 2.26. The maximum absolute atomic E-state index is 9.49. The lowest BCUT2D eigenvalue weighted by Gasteiger charge is -2.35. The van der Waals surface area contributed by atoms with E-state index in [1.807, 2.05) is 0 Å². The van der Waals surface area contributed by atoms with Crippen LogP contribution in [0.15, 0.2) is 0 Å². The Kier molecular flexibility index (Phi) is 7.98. The molecular formula is C13H30N2O. The normalized spacial score (nSPS) is 17.4. The average molecular weight is 230 g/mol. The van der Waals surface area contributed by atoms with Gasteiger partial charge in [0.25, 0.3) is 0 Å². The summed E-state index contributed by atoms with van der Waals surface area (Å²) in [5.74, 6) is 0. The molecule has 0 rings (SSSR count). The Morgan fingerprint density at radius 3 is 2.38 bits per heavy atom. The molecule has 0 amide bonds. The molecule has 0 aliphatic heterocycles. The highest BCUT2D eigenvalue weighted by atomic mass is 16.3. The molecule has 2 unspecified atom stereocenters. The molecule has 3 nitrogen and oxygen atoms in total. The molecule has 0 spiro atoms.